The molecule has 3 atom stereocenters. The Kier molecular flexibility index (Phi) is 11.2. The molecule has 11 heteroatoms. The Morgan fingerprint density at radius 1 is 0.857 bits per heavy atom. The number of anilines is 1. The van der Waals surface area contributed by atoms with Gasteiger partial charge in [0.2, 0.25) is 0 Å². The lowest BCUT2D eigenvalue weighted by Crippen LogP contribution is -2.45. The summed E-state index contributed by atoms with van der Waals surface area (Å²) in [4.78, 5) is 37.5. The molecule has 7 rings (SSSR count). The fourth-order valence-corrected chi connectivity index (χ4v) is 7.60. The molecule has 0 N–H and O–H groups in total. The van der Waals surface area contributed by atoms with Crippen molar-refractivity contribution in [3.63, 3.8) is 0 Å². The van der Waals surface area contributed by atoms with E-state index in [0.717, 1.165) is 58.0 Å². The number of nitrogens with zero attached hydrogens (tertiary/aromatic N) is 5. The number of piperidine rings is 1. The summed E-state index contributed by atoms with van der Waals surface area (Å²) in [7, 11) is 3.32. The first kappa shape index (κ1) is 38.3. The summed E-state index contributed by atoms with van der Waals surface area (Å²) in [6.45, 7) is 9.67. The first-order valence-electron chi connectivity index (χ1n) is 19.2. The number of ether oxygens (including phenoxy) is 4. The van der Waals surface area contributed by atoms with Gasteiger partial charge in [0.05, 0.1) is 31.8 Å². The SMILES string of the molecule is COc1ccc(CN(Cc2ccc(OC)cc2)c2nccc3c2n(C2C=CC(Oc4ccccc4)=CC2C)c(=O)n3[C@@H]2CCCN(C(=O)OC(C)(C)C)C2)cc1. The van der Waals surface area contributed by atoms with Crippen LogP contribution in [0.25, 0.3) is 11.0 Å². The zero-order valence-corrected chi connectivity index (χ0v) is 33.1. The molecule has 56 heavy (non-hydrogen) atoms. The first-order chi connectivity index (χ1) is 27.0. The highest BCUT2D eigenvalue weighted by atomic mass is 16.6. The van der Waals surface area contributed by atoms with E-state index in [2.05, 4.69) is 48.2 Å². The second kappa shape index (κ2) is 16.4. The molecule has 1 aliphatic heterocycles. The molecule has 2 unspecified atom stereocenters. The number of para-hydroxylation sites is 1. The van der Waals surface area contributed by atoms with Crippen molar-refractivity contribution in [3.05, 3.63) is 137 Å². The van der Waals surface area contributed by atoms with Gasteiger partial charge in [-0.3, -0.25) is 9.13 Å². The number of fused-ring (bicyclic) bond motifs is 1. The topological polar surface area (TPSA) is 100 Å². The van der Waals surface area contributed by atoms with Crippen LogP contribution in [0, 0.1) is 5.92 Å². The number of benzene rings is 3. The molecule has 1 saturated heterocycles. The number of methoxy groups -OCH3 is 2. The monoisotopic (exact) mass is 757 g/mol. The predicted octanol–water partition coefficient (Wildman–Crippen LogP) is 8.70. The lowest BCUT2D eigenvalue weighted by molar-refractivity contribution is 0.0172. The molecule has 0 saturated carbocycles. The number of amides is 1. The highest BCUT2D eigenvalue weighted by Gasteiger charge is 2.34. The van der Waals surface area contributed by atoms with Crippen LogP contribution < -0.4 is 24.8 Å². The number of imidazole rings is 1. The number of carbonyl (C=O) groups is 1. The van der Waals surface area contributed by atoms with Gasteiger partial charge in [-0.2, -0.15) is 0 Å². The second-order valence-electron chi connectivity index (χ2n) is 15.5. The quantitative estimate of drug-likeness (QED) is 0.132. The zero-order valence-electron chi connectivity index (χ0n) is 33.1. The van der Waals surface area contributed by atoms with Gasteiger partial charge in [0, 0.05) is 38.3 Å². The van der Waals surface area contributed by atoms with E-state index in [0.29, 0.717) is 32.0 Å². The second-order valence-corrected chi connectivity index (χ2v) is 15.5. The number of carbonyl (C=O) groups excluding carboxylic acids is 1. The lowest BCUT2D eigenvalue weighted by Gasteiger charge is -2.34. The van der Waals surface area contributed by atoms with Crippen LogP contribution >= 0.6 is 0 Å². The van der Waals surface area contributed by atoms with Crippen LogP contribution in [-0.2, 0) is 17.8 Å². The Hall–Kier alpha value is -5.97. The largest absolute Gasteiger partial charge is 0.497 e. The average Bonchev–Trinajstić information content (AvgIpc) is 3.49. The van der Waals surface area contributed by atoms with Crippen molar-refractivity contribution in [2.24, 2.45) is 5.92 Å². The normalized spacial score (nSPS) is 18.4. The van der Waals surface area contributed by atoms with Gasteiger partial charge in [-0.1, -0.05) is 55.5 Å². The lowest BCUT2D eigenvalue weighted by atomic mass is 9.96. The highest BCUT2D eigenvalue weighted by molar-refractivity contribution is 5.88. The van der Waals surface area contributed by atoms with Gasteiger partial charge in [0.1, 0.15) is 34.1 Å². The van der Waals surface area contributed by atoms with Crippen LogP contribution in [0.15, 0.2) is 120 Å². The minimum atomic E-state index is -0.630. The van der Waals surface area contributed by atoms with Crippen molar-refractivity contribution in [3.8, 4) is 17.2 Å². The van der Waals surface area contributed by atoms with Gasteiger partial charge in [-0.05, 0) is 99.4 Å². The van der Waals surface area contributed by atoms with Crippen LogP contribution in [-0.4, -0.2) is 58.0 Å². The van der Waals surface area contributed by atoms with E-state index in [4.69, 9.17) is 23.9 Å². The molecule has 1 aliphatic carbocycles. The average molecular weight is 758 g/mol. The number of hydrogen-bond donors (Lipinski definition) is 0. The fraction of sp³-hybridized carbons (Fsp3) is 0.356. The van der Waals surface area contributed by atoms with Crippen LogP contribution in [0.1, 0.15) is 63.7 Å². The molecular formula is C45H51N5O6. The number of likely N-dealkylation sites (tertiary alicyclic amines) is 1. The maximum absolute atomic E-state index is 15.2. The summed E-state index contributed by atoms with van der Waals surface area (Å²) in [5, 5.41) is 0. The summed E-state index contributed by atoms with van der Waals surface area (Å²) in [5.41, 5.74) is 2.83. The Bertz CT molecular complexity index is 2200. The molecule has 5 aromatic rings. The maximum Gasteiger partial charge on any atom is 0.410 e. The van der Waals surface area contributed by atoms with E-state index >= 15 is 4.79 Å². The van der Waals surface area contributed by atoms with Gasteiger partial charge in [-0.15, -0.1) is 0 Å². The van der Waals surface area contributed by atoms with Crippen LogP contribution in [0.3, 0.4) is 0 Å². The minimum absolute atomic E-state index is 0.107. The fourth-order valence-electron chi connectivity index (χ4n) is 7.60. The van der Waals surface area contributed by atoms with Crippen LogP contribution in [0.5, 0.6) is 17.2 Å². The summed E-state index contributed by atoms with van der Waals surface area (Å²) in [6.07, 6.45) is 8.96. The van der Waals surface area contributed by atoms with E-state index in [1.165, 1.54) is 0 Å². The van der Waals surface area contributed by atoms with Gasteiger partial charge in [-0.25, -0.2) is 14.6 Å². The smallest absolute Gasteiger partial charge is 0.410 e. The molecule has 0 bridgehead atoms. The maximum atomic E-state index is 15.2. The number of aromatic nitrogens is 3. The molecule has 1 fully saturated rings. The molecule has 0 spiro atoms. The Morgan fingerprint density at radius 2 is 1.50 bits per heavy atom. The van der Waals surface area contributed by atoms with E-state index in [1.807, 2.05) is 96.6 Å². The molecule has 1 amide bonds. The van der Waals surface area contributed by atoms with Crippen LogP contribution in [0.2, 0.25) is 0 Å². The highest BCUT2D eigenvalue weighted by Crippen LogP contribution is 2.37. The molecular weight excluding hydrogens is 707 g/mol. The summed E-state index contributed by atoms with van der Waals surface area (Å²) in [5.74, 6) is 3.59. The third-order valence-corrected chi connectivity index (χ3v) is 10.3. The Balaban J connectivity index is 1.35. The molecule has 292 valence electrons. The van der Waals surface area contributed by atoms with Crippen LogP contribution in [0.4, 0.5) is 10.6 Å². The summed E-state index contributed by atoms with van der Waals surface area (Å²) >= 11 is 0. The number of rotatable bonds is 11. The van der Waals surface area contributed by atoms with E-state index < -0.39 is 5.60 Å². The third kappa shape index (κ3) is 8.46. The van der Waals surface area contributed by atoms with E-state index in [1.54, 1.807) is 25.3 Å². The molecule has 11 nitrogen and oxygen atoms in total. The number of pyridine rings is 1. The van der Waals surface area contributed by atoms with E-state index in [9.17, 15) is 4.79 Å². The first-order valence-corrected chi connectivity index (χ1v) is 19.2. The van der Waals surface area contributed by atoms with Crippen molar-refractivity contribution in [2.45, 2.75) is 71.3 Å². The van der Waals surface area contributed by atoms with Gasteiger partial charge in [0.15, 0.2) is 5.82 Å². The van der Waals surface area contributed by atoms with Crippen molar-refractivity contribution in [2.75, 3.05) is 32.2 Å². The van der Waals surface area contributed by atoms with Crippen molar-refractivity contribution in [1.82, 2.24) is 19.0 Å². The van der Waals surface area contributed by atoms with Gasteiger partial charge < -0.3 is 28.7 Å². The van der Waals surface area contributed by atoms with E-state index in [-0.39, 0.29) is 29.8 Å². The van der Waals surface area contributed by atoms with Crippen molar-refractivity contribution >= 4 is 22.9 Å². The Labute approximate surface area is 328 Å². The number of allylic oxidation sites excluding steroid dienone is 3. The standard InChI is InChI=1S/C45H51N5O6/c1-31-27-38(55-37-12-8-7-9-13-37)22-23-39(31)50-41-40(49(43(50)51)34-11-10-26-47(30-34)44(52)56-45(2,3)4)24-25-46-42(41)48(28-32-14-18-35(53-5)19-15-32)29-33-16-20-36(54-6)21-17-33/h7-9,12-25,27,31,34,39H,10-11,26,28-30H2,1-6H3/t31?,34-,39?/m1/s1. The predicted molar refractivity (Wildman–Crippen MR) is 218 cm³/mol. The molecule has 2 aromatic heterocycles. The minimum Gasteiger partial charge on any atom is -0.497 e. The van der Waals surface area contributed by atoms with Gasteiger partial charge in [0.25, 0.3) is 0 Å². The molecule has 0 radical (unpaired) electrons. The summed E-state index contributed by atoms with van der Waals surface area (Å²) in [6, 6.07) is 27.0. The number of hydrogen-bond acceptors (Lipinski definition) is 8. The van der Waals surface area contributed by atoms with Gasteiger partial charge >= 0.3 is 11.8 Å². The van der Waals surface area contributed by atoms with Crippen molar-refractivity contribution < 1.29 is 23.7 Å². The third-order valence-electron chi connectivity index (χ3n) is 10.3. The summed E-state index contributed by atoms with van der Waals surface area (Å²) < 4.78 is 26.7. The van der Waals surface area contributed by atoms with Crippen molar-refractivity contribution in [1.29, 1.82) is 0 Å². The zero-order chi connectivity index (χ0) is 39.4. The molecule has 3 heterocycles. The Morgan fingerprint density at radius 3 is 2.09 bits per heavy atom. The molecule has 3 aromatic carbocycles. The molecule has 2 aliphatic rings.